The van der Waals surface area contributed by atoms with E-state index in [4.69, 9.17) is 13.9 Å². The van der Waals surface area contributed by atoms with E-state index in [-0.39, 0.29) is 25.8 Å². The van der Waals surface area contributed by atoms with E-state index in [0.29, 0.717) is 19.1 Å². The Balaban J connectivity index is 1.95. The first kappa shape index (κ1) is 37.3. The molecule has 0 bridgehead atoms. The van der Waals surface area contributed by atoms with Crippen molar-refractivity contribution < 1.29 is 47.4 Å². The number of nitrogens with one attached hydrogen (secondary N) is 2. The molecule has 0 aromatic carbocycles. The fourth-order valence-corrected chi connectivity index (χ4v) is 7.99. The number of carbonyl (C=O) groups excluding carboxylic acids is 4. The van der Waals surface area contributed by atoms with Gasteiger partial charge >= 0.3 is 21.0 Å². The van der Waals surface area contributed by atoms with Gasteiger partial charge in [0.2, 0.25) is 11.8 Å². The minimum Gasteiger partial charge on any atom is -0.518 e. The minimum atomic E-state index is -3.13. The third-order valence-corrected chi connectivity index (χ3v) is 11.0. The average Bonchev–Trinajstić information content (AvgIpc) is 3.47. The number of fused-ring (bicyclic) bond motifs is 2. The summed E-state index contributed by atoms with van der Waals surface area (Å²) in [6.45, 7) is 12.0. The first-order valence-corrected chi connectivity index (χ1v) is 17.3. The van der Waals surface area contributed by atoms with Crippen molar-refractivity contribution >= 4 is 39.1 Å². The van der Waals surface area contributed by atoms with Crippen LogP contribution in [0.25, 0.3) is 0 Å². The number of carbonyl (C=O) groups is 5. The summed E-state index contributed by atoms with van der Waals surface area (Å²) in [6.07, 6.45) is 6.05. The first-order chi connectivity index (χ1) is 21.3. The summed E-state index contributed by atoms with van der Waals surface area (Å²) in [4.78, 5) is 66.5. The van der Waals surface area contributed by atoms with Crippen molar-refractivity contribution in [2.75, 3.05) is 13.7 Å². The van der Waals surface area contributed by atoms with Gasteiger partial charge in [-0.15, -0.1) is 0 Å². The summed E-state index contributed by atoms with van der Waals surface area (Å²) in [7, 11) is -1.78. The zero-order valence-electron chi connectivity index (χ0n) is 28.3. The Hall–Kier alpha value is -3.13. The van der Waals surface area contributed by atoms with Gasteiger partial charge in [-0.3, -0.25) is 9.59 Å². The number of allylic oxidation sites excluding steroid dienone is 1. The van der Waals surface area contributed by atoms with Crippen LogP contribution in [0.2, 0.25) is 0 Å². The van der Waals surface area contributed by atoms with Crippen LogP contribution in [0.1, 0.15) is 93.4 Å². The number of hydrogen-bond acceptors (Lipinski definition) is 9. The van der Waals surface area contributed by atoms with Gasteiger partial charge in [0.25, 0.3) is 0 Å². The molecule has 2 fully saturated rings. The molecular weight excluding hydrogens is 614 g/mol. The van der Waals surface area contributed by atoms with Gasteiger partial charge in [-0.25, -0.2) is 9.59 Å². The Labute approximate surface area is 272 Å². The summed E-state index contributed by atoms with van der Waals surface area (Å²) in [5.74, 6) is -3.61. The number of ether oxygens (including phenoxy) is 2. The molecule has 1 aliphatic carbocycles. The smallest absolute Gasteiger partial charge is 0.518 e. The number of aliphatic carboxylic acids is 1. The highest BCUT2D eigenvalue weighted by molar-refractivity contribution is 6.39. The van der Waals surface area contributed by atoms with E-state index >= 15 is 0 Å². The monoisotopic (exact) mass is 665 g/mol. The molecule has 2 aliphatic heterocycles. The zero-order chi connectivity index (χ0) is 34.7. The van der Waals surface area contributed by atoms with Crippen molar-refractivity contribution in [2.24, 2.45) is 17.3 Å². The van der Waals surface area contributed by atoms with Gasteiger partial charge in [-0.1, -0.05) is 45.8 Å². The normalized spacial score (nSPS) is 30.1. The molecule has 7 atom stereocenters. The van der Waals surface area contributed by atoms with Crippen molar-refractivity contribution in [3.8, 4) is 0 Å². The molecular formula is C32H51N3O10Si. The van der Waals surface area contributed by atoms with E-state index in [1.54, 1.807) is 27.7 Å². The van der Waals surface area contributed by atoms with Crippen LogP contribution in [0.4, 0.5) is 4.79 Å². The van der Waals surface area contributed by atoms with E-state index < -0.39 is 84.6 Å². The fourth-order valence-electron chi connectivity index (χ4n) is 6.36. The van der Waals surface area contributed by atoms with E-state index in [9.17, 15) is 33.5 Å². The SMILES string of the molecule is COC(C)(C(C=O)C(C)(C)C)[Si](=O)OC1CC2C(=O)NC3(C(=O)O)CC3/C=C/CCCCCC(NC(=O)OC(C)(C)C)C(=O)N2C1. The highest BCUT2D eigenvalue weighted by atomic mass is 28.3. The number of carboxylic acids is 1. The number of rotatable bonds is 8. The molecule has 46 heavy (non-hydrogen) atoms. The standard InChI is InChI=1S/C32H51N3O10Si/c1-29(2,3)24(19-36)31(7,43-8)46(42)45-21-16-23-25(37)34-32(27(39)40)17-20(32)14-12-10-9-11-13-15-22(26(38)35(23)18-21)33-28(41)44-30(4,5)6/h12,14,19-24H,9-11,13,15-18H2,1-8H3,(H,33,41)(H,34,37)(H,39,40)/b14-12+. The van der Waals surface area contributed by atoms with Crippen molar-refractivity contribution in [3.05, 3.63) is 12.2 Å². The summed E-state index contributed by atoms with van der Waals surface area (Å²) >= 11 is 0. The Kier molecular flexibility index (Phi) is 11.6. The first-order valence-electron chi connectivity index (χ1n) is 16.0. The summed E-state index contributed by atoms with van der Waals surface area (Å²) in [5.41, 5.74) is -2.92. The lowest BCUT2D eigenvalue weighted by molar-refractivity contribution is -0.145. The van der Waals surface area contributed by atoms with Crippen LogP contribution in [-0.2, 0) is 37.5 Å². The molecule has 13 nitrogen and oxygen atoms in total. The third-order valence-electron chi connectivity index (χ3n) is 9.08. The molecule has 0 aromatic rings. The van der Waals surface area contributed by atoms with Crippen LogP contribution in [0, 0.1) is 17.3 Å². The number of nitrogens with zero attached hydrogens (tertiary/aromatic N) is 1. The molecule has 2 heterocycles. The number of alkyl carbamates (subject to hydrolysis) is 1. The molecule has 1 saturated carbocycles. The fraction of sp³-hybridized carbons (Fsp3) is 0.781. The van der Waals surface area contributed by atoms with E-state index in [1.807, 2.05) is 32.9 Å². The Morgan fingerprint density at radius 3 is 2.39 bits per heavy atom. The molecule has 258 valence electrons. The predicted molar refractivity (Wildman–Crippen MR) is 168 cm³/mol. The Morgan fingerprint density at radius 2 is 1.83 bits per heavy atom. The van der Waals surface area contributed by atoms with Crippen LogP contribution in [0.15, 0.2) is 12.2 Å². The molecule has 3 aliphatic rings. The van der Waals surface area contributed by atoms with Gasteiger partial charge in [0.05, 0.1) is 12.5 Å². The molecule has 14 heteroatoms. The molecule has 0 radical (unpaired) electrons. The molecule has 3 rings (SSSR count). The van der Waals surface area contributed by atoms with E-state index in [0.717, 1.165) is 12.8 Å². The minimum absolute atomic E-state index is 0.0790. The topological polar surface area (TPSA) is 178 Å². The maximum atomic E-state index is 14.1. The van der Waals surface area contributed by atoms with E-state index in [1.165, 1.54) is 12.0 Å². The lowest BCUT2D eigenvalue weighted by Gasteiger charge is -2.38. The highest BCUT2D eigenvalue weighted by Gasteiger charge is 2.61. The highest BCUT2D eigenvalue weighted by Crippen LogP contribution is 2.45. The second-order valence-electron chi connectivity index (χ2n) is 14.9. The van der Waals surface area contributed by atoms with Gasteiger partial charge in [0.15, 0.2) is 5.22 Å². The maximum Gasteiger partial charge on any atom is 0.537 e. The Bertz CT molecular complexity index is 1230. The van der Waals surface area contributed by atoms with Gasteiger partial charge in [0, 0.05) is 19.4 Å². The van der Waals surface area contributed by atoms with Crippen molar-refractivity contribution in [1.82, 2.24) is 15.5 Å². The zero-order valence-corrected chi connectivity index (χ0v) is 29.3. The molecule has 7 unspecified atom stereocenters. The van der Waals surface area contributed by atoms with Gasteiger partial charge in [-0.05, 0) is 58.8 Å². The van der Waals surface area contributed by atoms with Crippen LogP contribution < -0.4 is 10.6 Å². The number of methoxy groups -OCH3 is 1. The molecule has 3 N–H and O–H groups in total. The van der Waals surface area contributed by atoms with Crippen molar-refractivity contribution in [2.45, 2.75) is 128 Å². The number of amides is 3. The van der Waals surface area contributed by atoms with Crippen molar-refractivity contribution in [3.63, 3.8) is 0 Å². The van der Waals surface area contributed by atoms with Crippen LogP contribution >= 0.6 is 0 Å². The summed E-state index contributed by atoms with van der Waals surface area (Å²) in [6, 6.07) is -2.20. The second kappa shape index (κ2) is 14.3. The maximum absolute atomic E-state index is 14.1. The predicted octanol–water partition coefficient (Wildman–Crippen LogP) is 3.07. The number of aldehydes is 1. The second-order valence-corrected chi connectivity index (χ2v) is 16.7. The lowest BCUT2D eigenvalue weighted by Crippen LogP contribution is -2.56. The summed E-state index contributed by atoms with van der Waals surface area (Å²) in [5, 5.41) is 13.9. The lowest BCUT2D eigenvalue weighted by atomic mass is 9.78. The molecule has 0 spiro atoms. The van der Waals surface area contributed by atoms with Crippen LogP contribution in [0.3, 0.4) is 0 Å². The quantitative estimate of drug-likeness (QED) is 0.198. The van der Waals surface area contributed by atoms with Crippen LogP contribution in [-0.4, -0.2) is 97.3 Å². The van der Waals surface area contributed by atoms with Gasteiger partial charge in [-0.2, -0.15) is 0 Å². The van der Waals surface area contributed by atoms with E-state index in [2.05, 4.69) is 10.6 Å². The van der Waals surface area contributed by atoms with Gasteiger partial charge in [0.1, 0.15) is 35.6 Å². The number of hydrogen-bond donors (Lipinski definition) is 3. The Morgan fingerprint density at radius 1 is 1.15 bits per heavy atom. The molecule has 1 saturated heterocycles. The molecule has 0 aromatic heterocycles. The summed E-state index contributed by atoms with van der Waals surface area (Å²) < 4.78 is 30.8. The van der Waals surface area contributed by atoms with Crippen molar-refractivity contribution in [1.29, 1.82) is 0 Å². The average molecular weight is 666 g/mol. The third kappa shape index (κ3) is 8.61. The van der Waals surface area contributed by atoms with Gasteiger partial charge < -0.3 is 43.8 Å². The largest absolute Gasteiger partial charge is 0.537 e. The van der Waals surface area contributed by atoms with Crippen LogP contribution in [0.5, 0.6) is 0 Å². The number of carboxylic acid groups (broad SMARTS) is 1. The molecule has 3 amide bonds.